The number of aromatic nitrogens is 4. The van der Waals surface area contributed by atoms with Crippen molar-refractivity contribution in [2.24, 2.45) is 0 Å². The molecule has 0 aliphatic rings. The zero-order chi connectivity index (χ0) is 11.5. The maximum Gasteiger partial charge on any atom is 0.250 e. The Morgan fingerprint density at radius 1 is 1.44 bits per heavy atom. The average Bonchev–Trinajstić information content (AvgIpc) is 2.71. The number of nitriles is 1. The summed E-state index contributed by atoms with van der Waals surface area (Å²) in [6, 6.07) is 1.98. The molecule has 0 saturated carbocycles. The molecule has 0 bridgehead atoms. The Labute approximate surface area is 91.8 Å². The topological polar surface area (TPSA) is 87.6 Å². The van der Waals surface area contributed by atoms with Crippen LogP contribution in [0.25, 0.3) is 5.95 Å². The second kappa shape index (κ2) is 4.08. The summed E-state index contributed by atoms with van der Waals surface area (Å²) in [6.07, 6.45) is 4.73. The molecule has 0 aromatic carbocycles. The average molecular weight is 215 g/mol. The van der Waals surface area contributed by atoms with Crippen molar-refractivity contribution in [3.63, 3.8) is 0 Å². The molecule has 0 saturated heterocycles. The standard InChI is InChI=1S/C10H9N5O/c1-7-5-15(14-9(7)2-11)10-12-3-8(6-16)4-13-10/h3-5,16H,6H2,1H3. The van der Waals surface area contributed by atoms with E-state index in [-0.39, 0.29) is 6.61 Å². The molecular formula is C10H9N5O. The van der Waals surface area contributed by atoms with Crippen LogP contribution in [0.15, 0.2) is 18.6 Å². The third-order valence-electron chi connectivity index (χ3n) is 2.08. The summed E-state index contributed by atoms with van der Waals surface area (Å²) in [4.78, 5) is 8.06. The number of rotatable bonds is 2. The second-order valence-electron chi connectivity index (χ2n) is 3.27. The number of aliphatic hydroxyl groups excluding tert-OH is 1. The Morgan fingerprint density at radius 2 is 2.12 bits per heavy atom. The minimum atomic E-state index is -0.0954. The van der Waals surface area contributed by atoms with Crippen molar-refractivity contribution in [2.75, 3.05) is 0 Å². The molecule has 0 unspecified atom stereocenters. The van der Waals surface area contributed by atoms with E-state index in [2.05, 4.69) is 15.1 Å². The molecule has 0 aliphatic carbocycles. The normalized spacial score (nSPS) is 10.1. The summed E-state index contributed by atoms with van der Waals surface area (Å²) in [5.74, 6) is 0.377. The van der Waals surface area contributed by atoms with E-state index in [1.165, 1.54) is 17.1 Å². The van der Waals surface area contributed by atoms with E-state index in [9.17, 15) is 0 Å². The van der Waals surface area contributed by atoms with Crippen LogP contribution in [0.4, 0.5) is 0 Å². The van der Waals surface area contributed by atoms with Crippen LogP contribution in [0.5, 0.6) is 0 Å². The summed E-state index contributed by atoms with van der Waals surface area (Å²) < 4.78 is 1.44. The summed E-state index contributed by atoms with van der Waals surface area (Å²) in [5, 5.41) is 21.6. The summed E-state index contributed by atoms with van der Waals surface area (Å²) >= 11 is 0. The van der Waals surface area contributed by atoms with Crippen molar-refractivity contribution in [3.05, 3.63) is 35.4 Å². The third kappa shape index (κ3) is 1.76. The highest BCUT2D eigenvalue weighted by Crippen LogP contribution is 2.07. The van der Waals surface area contributed by atoms with E-state index < -0.39 is 0 Å². The lowest BCUT2D eigenvalue weighted by Gasteiger charge is -1.99. The van der Waals surface area contributed by atoms with Gasteiger partial charge >= 0.3 is 0 Å². The molecule has 2 aromatic rings. The van der Waals surface area contributed by atoms with Crippen molar-refractivity contribution in [1.82, 2.24) is 19.7 Å². The maximum absolute atomic E-state index is 8.84. The first-order chi connectivity index (χ1) is 7.74. The maximum atomic E-state index is 8.84. The Kier molecular flexibility index (Phi) is 2.62. The van der Waals surface area contributed by atoms with Crippen LogP contribution in [0.1, 0.15) is 16.8 Å². The molecule has 0 aliphatic heterocycles. The first-order valence-electron chi connectivity index (χ1n) is 4.63. The van der Waals surface area contributed by atoms with Gasteiger partial charge in [0.15, 0.2) is 5.69 Å². The molecule has 0 atom stereocenters. The van der Waals surface area contributed by atoms with Gasteiger partial charge in [-0.15, -0.1) is 0 Å². The molecule has 1 N–H and O–H groups in total. The Balaban J connectivity index is 2.39. The predicted octanol–water partition coefficient (Wildman–Crippen LogP) is 0.335. The van der Waals surface area contributed by atoms with Crippen molar-refractivity contribution >= 4 is 0 Å². The van der Waals surface area contributed by atoms with Crippen LogP contribution in [-0.4, -0.2) is 24.9 Å². The van der Waals surface area contributed by atoms with Crippen LogP contribution in [0.3, 0.4) is 0 Å². The van der Waals surface area contributed by atoms with Crippen molar-refractivity contribution in [3.8, 4) is 12.0 Å². The molecule has 0 fully saturated rings. The lowest BCUT2D eigenvalue weighted by molar-refractivity contribution is 0.281. The first kappa shape index (κ1) is 10.3. The van der Waals surface area contributed by atoms with Gasteiger partial charge in [-0.05, 0) is 6.92 Å². The fourth-order valence-electron chi connectivity index (χ4n) is 1.22. The Hall–Kier alpha value is -2.26. The summed E-state index contributed by atoms with van der Waals surface area (Å²) in [6.45, 7) is 1.70. The fraction of sp³-hybridized carbons (Fsp3) is 0.200. The number of aliphatic hydroxyl groups is 1. The zero-order valence-electron chi connectivity index (χ0n) is 8.62. The Bertz CT molecular complexity index is 537. The van der Waals surface area contributed by atoms with E-state index >= 15 is 0 Å². The minimum Gasteiger partial charge on any atom is -0.392 e. The molecule has 2 aromatic heterocycles. The quantitative estimate of drug-likeness (QED) is 0.780. The van der Waals surface area contributed by atoms with Crippen molar-refractivity contribution in [2.45, 2.75) is 13.5 Å². The van der Waals surface area contributed by atoms with Gasteiger partial charge in [0.1, 0.15) is 6.07 Å². The van der Waals surface area contributed by atoms with Crippen molar-refractivity contribution < 1.29 is 5.11 Å². The highest BCUT2D eigenvalue weighted by molar-refractivity contribution is 5.30. The number of nitrogens with zero attached hydrogens (tertiary/aromatic N) is 5. The van der Waals surface area contributed by atoms with E-state index in [4.69, 9.17) is 10.4 Å². The van der Waals surface area contributed by atoms with Gasteiger partial charge < -0.3 is 5.11 Å². The van der Waals surface area contributed by atoms with Crippen LogP contribution in [-0.2, 0) is 6.61 Å². The minimum absolute atomic E-state index is 0.0954. The fourth-order valence-corrected chi connectivity index (χ4v) is 1.22. The van der Waals surface area contributed by atoms with Gasteiger partial charge in [0.05, 0.1) is 6.61 Å². The lowest BCUT2D eigenvalue weighted by Crippen LogP contribution is -2.02. The predicted molar refractivity (Wildman–Crippen MR) is 54.5 cm³/mol. The number of aryl methyl sites for hydroxylation is 1. The first-order valence-corrected chi connectivity index (χ1v) is 4.63. The zero-order valence-corrected chi connectivity index (χ0v) is 8.62. The van der Waals surface area contributed by atoms with Gasteiger partial charge in [-0.3, -0.25) is 0 Å². The van der Waals surface area contributed by atoms with Gasteiger partial charge in [0, 0.05) is 29.7 Å². The van der Waals surface area contributed by atoms with Crippen LogP contribution >= 0.6 is 0 Å². The van der Waals surface area contributed by atoms with Gasteiger partial charge in [-0.2, -0.15) is 10.4 Å². The van der Waals surface area contributed by atoms with E-state index in [0.717, 1.165) is 5.56 Å². The van der Waals surface area contributed by atoms with Crippen LogP contribution in [0.2, 0.25) is 0 Å². The SMILES string of the molecule is Cc1cn(-c2ncc(CO)cn2)nc1C#N. The van der Waals surface area contributed by atoms with Gasteiger partial charge in [-0.1, -0.05) is 0 Å². The second-order valence-corrected chi connectivity index (χ2v) is 3.27. The summed E-state index contributed by atoms with van der Waals surface area (Å²) in [7, 11) is 0. The molecule has 6 nitrogen and oxygen atoms in total. The molecule has 0 amide bonds. The highest BCUT2D eigenvalue weighted by atomic mass is 16.3. The molecule has 6 heteroatoms. The molecule has 2 rings (SSSR count). The Morgan fingerprint density at radius 3 is 2.62 bits per heavy atom. The van der Waals surface area contributed by atoms with Crippen LogP contribution in [0, 0.1) is 18.3 Å². The van der Waals surface area contributed by atoms with Crippen molar-refractivity contribution in [1.29, 1.82) is 5.26 Å². The molecule has 16 heavy (non-hydrogen) atoms. The van der Waals surface area contributed by atoms with E-state index in [0.29, 0.717) is 17.2 Å². The van der Waals surface area contributed by atoms with Gasteiger partial charge in [0.25, 0.3) is 0 Å². The van der Waals surface area contributed by atoms with Crippen LogP contribution < -0.4 is 0 Å². The number of hydrogen-bond donors (Lipinski definition) is 1. The van der Waals surface area contributed by atoms with E-state index in [1.54, 1.807) is 13.1 Å². The van der Waals surface area contributed by atoms with Gasteiger partial charge in [-0.25, -0.2) is 14.6 Å². The lowest BCUT2D eigenvalue weighted by atomic mass is 10.3. The molecule has 80 valence electrons. The van der Waals surface area contributed by atoms with E-state index in [1.807, 2.05) is 6.07 Å². The third-order valence-corrected chi connectivity index (χ3v) is 2.08. The molecule has 0 radical (unpaired) electrons. The van der Waals surface area contributed by atoms with Gasteiger partial charge in [0.2, 0.25) is 5.95 Å². The monoisotopic (exact) mass is 215 g/mol. The largest absolute Gasteiger partial charge is 0.392 e. The summed E-state index contributed by atoms with van der Waals surface area (Å²) in [5.41, 5.74) is 1.76. The smallest absolute Gasteiger partial charge is 0.250 e. The molecular weight excluding hydrogens is 206 g/mol. The highest BCUT2D eigenvalue weighted by Gasteiger charge is 2.07. The molecule has 0 spiro atoms. The molecule has 2 heterocycles. The number of hydrogen-bond acceptors (Lipinski definition) is 5.